The number of amides is 2. The summed E-state index contributed by atoms with van der Waals surface area (Å²) in [5.41, 5.74) is 5.15. The molecule has 2 amide bonds. The third-order valence-corrected chi connectivity index (χ3v) is 7.86. The average Bonchev–Trinajstić information content (AvgIpc) is 3.66. The van der Waals surface area contributed by atoms with Gasteiger partial charge >= 0.3 is 0 Å². The molecular formula is C32H37ClN6O2. The molecule has 9 heteroatoms. The van der Waals surface area contributed by atoms with Gasteiger partial charge in [-0.1, -0.05) is 37.1 Å². The number of nitrogens with one attached hydrogen (secondary N) is 4. The van der Waals surface area contributed by atoms with Crippen LogP contribution in [0.2, 0.25) is 5.02 Å². The molecule has 0 bridgehead atoms. The van der Waals surface area contributed by atoms with Crippen LogP contribution in [0.4, 0.5) is 0 Å². The van der Waals surface area contributed by atoms with Gasteiger partial charge in [0.15, 0.2) is 0 Å². The molecule has 2 aliphatic carbocycles. The molecule has 41 heavy (non-hydrogen) atoms. The van der Waals surface area contributed by atoms with Crippen molar-refractivity contribution in [2.45, 2.75) is 64.5 Å². The lowest BCUT2D eigenvalue weighted by Gasteiger charge is -2.15. The Balaban J connectivity index is 0.000000160. The second kappa shape index (κ2) is 11.1. The number of hydrogen-bond donors (Lipinski definition) is 4. The number of halogens is 1. The summed E-state index contributed by atoms with van der Waals surface area (Å²) in [6, 6.07) is 15.4. The minimum Gasteiger partial charge on any atom is -0.351 e. The lowest BCUT2D eigenvalue weighted by molar-refractivity contribution is 0.0920. The molecule has 2 aromatic carbocycles. The lowest BCUT2D eigenvalue weighted by Crippen LogP contribution is -2.34. The quantitative estimate of drug-likeness (QED) is 0.187. The maximum atomic E-state index is 12.5. The zero-order valence-corrected chi connectivity index (χ0v) is 24.9. The molecule has 3 aromatic heterocycles. The summed E-state index contributed by atoms with van der Waals surface area (Å²) in [4.78, 5) is 30.8. The van der Waals surface area contributed by atoms with Crippen LogP contribution in [0.3, 0.4) is 0 Å². The van der Waals surface area contributed by atoms with Gasteiger partial charge in [0.1, 0.15) is 11.4 Å². The molecular weight excluding hydrogens is 536 g/mol. The van der Waals surface area contributed by atoms with Gasteiger partial charge in [0.2, 0.25) is 0 Å². The SMILES string of the molecule is CC.Cc1ccc2[nH]c(C(=O)NC3(C)CC3)cc2c1.Cn1cc(C2(NC(=O)c3cc4cc(Cl)ccc4[nH]3)CC2)cn1. The molecule has 2 saturated carbocycles. The second-order valence-corrected chi connectivity index (χ2v) is 11.6. The van der Waals surface area contributed by atoms with E-state index in [0.29, 0.717) is 16.4 Å². The van der Waals surface area contributed by atoms with E-state index in [1.54, 1.807) is 10.7 Å². The fourth-order valence-corrected chi connectivity index (χ4v) is 5.00. The van der Waals surface area contributed by atoms with Crippen LogP contribution in [0, 0.1) is 6.92 Å². The summed E-state index contributed by atoms with van der Waals surface area (Å²) in [6.07, 6.45) is 7.82. The first kappa shape index (κ1) is 28.5. The van der Waals surface area contributed by atoms with Crippen LogP contribution in [0.5, 0.6) is 0 Å². The fraction of sp³-hybridized carbons (Fsp3) is 0.344. The summed E-state index contributed by atoms with van der Waals surface area (Å²) in [5.74, 6) is -0.104. The molecule has 3 heterocycles. The molecule has 0 unspecified atom stereocenters. The second-order valence-electron chi connectivity index (χ2n) is 11.1. The minimum absolute atomic E-state index is 0.00106. The van der Waals surface area contributed by atoms with Crippen LogP contribution >= 0.6 is 11.6 Å². The fourth-order valence-electron chi connectivity index (χ4n) is 4.82. The molecule has 0 saturated heterocycles. The number of rotatable bonds is 5. The molecule has 7 rings (SSSR count). The molecule has 4 N–H and O–H groups in total. The predicted molar refractivity (Wildman–Crippen MR) is 164 cm³/mol. The Kier molecular flexibility index (Phi) is 7.70. The van der Waals surface area contributed by atoms with Gasteiger partial charge in [-0.2, -0.15) is 5.10 Å². The highest BCUT2D eigenvalue weighted by atomic mass is 35.5. The molecule has 214 valence electrons. The van der Waals surface area contributed by atoms with Crippen LogP contribution in [-0.4, -0.2) is 37.1 Å². The average molecular weight is 573 g/mol. The highest BCUT2D eigenvalue weighted by molar-refractivity contribution is 6.31. The zero-order chi connectivity index (χ0) is 29.4. The maximum Gasteiger partial charge on any atom is 0.268 e. The van der Waals surface area contributed by atoms with Crippen molar-refractivity contribution in [1.82, 2.24) is 30.4 Å². The highest BCUT2D eigenvalue weighted by Gasteiger charge is 2.46. The zero-order valence-electron chi connectivity index (χ0n) is 24.2. The van der Waals surface area contributed by atoms with E-state index in [4.69, 9.17) is 11.6 Å². The van der Waals surface area contributed by atoms with Crippen LogP contribution in [0.15, 0.2) is 60.9 Å². The Morgan fingerprint density at radius 3 is 2.02 bits per heavy atom. The van der Waals surface area contributed by atoms with Gasteiger partial charge in [-0.15, -0.1) is 0 Å². The van der Waals surface area contributed by atoms with Gasteiger partial charge in [-0.25, -0.2) is 0 Å². The first-order valence-electron chi connectivity index (χ1n) is 14.1. The molecule has 8 nitrogen and oxygen atoms in total. The summed E-state index contributed by atoms with van der Waals surface area (Å²) >= 11 is 5.98. The maximum absolute atomic E-state index is 12.5. The van der Waals surface area contributed by atoms with E-state index < -0.39 is 0 Å². The Morgan fingerprint density at radius 2 is 1.46 bits per heavy atom. The van der Waals surface area contributed by atoms with Gasteiger partial charge in [0, 0.05) is 51.2 Å². The summed E-state index contributed by atoms with van der Waals surface area (Å²) in [5, 5.41) is 13.1. The van der Waals surface area contributed by atoms with Crippen molar-refractivity contribution in [2.75, 3.05) is 0 Å². The summed E-state index contributed by atoms with van der Waals surface area (Å²) in [7, 11) is 1.88. The van der Waals surface area contributed by atoms with Crippen molar-refractivity contribution in [3.8, 4) is 0 Å². The molecule has 2 aliphatic rings. The van der Waals surface area contributed by atoms with Crippen molar-refractivity contribution >= 4 is 45.2 Å². The molecule has 2 fully saturated rings. The van der Waals surface area contributed by atoms with Crippen molar-refractivity contribution < 1.29 is 9.59 Å². The number of benzene rings is 2. The van der Waals surface area contributed by atoms with Crippen molar-refractivity contribution in [2.24, 2.45) is 7.05 Å². The summed E-state index contributed by atoms with van der Waals surface area (Å²) in [6.45, 7) is 8.13. The number of aryl methyl sites for hydroxylation is 2. The predicted octanol–water partition coefficient (Wildman–Crippen LogP) is 6.76. The minimum atomic E-state index is -0.264. The molecule has 0 radical (unpaired) electrons. The highest BCUT2D eigenvalue weighted by Crippen LogP contribution is 2.45. The molecule has 0 spiro atoms. The molecule has 0 aliphatic heterocycles. The third kappa shape index (κ3) is 6.33. The number of carbonyl (C=O) groups is 2. The Bertz CT molecular complexity index is 1720. The van der Waals surface area contributed by atoms with E-state index in [0.717, 1.165) is 53.1 Å². The third-order valence-electron chi connectivity index (χ3n) is 7.62. The van der Waals surface area contributed by atoms with Gasteiger partial charge in [-0.3, -0.25) is 14.3 Å². The Labute approximate surface area is 244 Å². The standard InChI is InChI=1S/C16H15ClN4O.C14H16N2O.C2H6/c1-21-9-11(8-18-21)16(4-5-16)20-15(22)14-7-10-6-12(17)2-3-13(10)19-14;1-9-3-4-11-10(7-9)8-12(15-11)13(17)16-14(2)5-6-14;1-2/h2-3,6-9,19H,4-5H2,1H3,(H,20,22);3-4,7-8,15H,5-6H2,1-2H3,(H,16,17);1-2H3. The van der Waals surface area contributed by atoms with Gasteiger partial charge in [-0.05, 0) is 82.0 Å². The van der Waals surface area contributed by atoms with E-state index in [1.165, 1.54) is 5.56 Å². The van der Waals surface area contributed by atoms with Crippen molar-refractivity contribution in [1.29, 1.82) is 0 Å². The van der Waals surface area contributed by atoms with Crippen molar-refractivity contribution in [3.63, 3.8) is 0 Å². The number of nitrogens with zero attached hydrogens (tertiary/aromatic N) is 2. The van der Waals surface area contributed by atoms with Crippen molar-refractivity contribution in [3.05, 3.63) is 88.5 Å². The van der Waals surface area contributed by atoms with E-state index in [-0.39, 0.29) is 22.9 Å². The lowest BCUT2D eigenvalue weighted by atomic mass is 10.1. The Hall–Kier alpha value is -4.04. The van der Waals surface area contributed by atoms with E-state index >= 15 is 0 Å². The van der Waals surface area contributed by atoms with E-state index in [2.05, 4.69) is 45.6 Å². The number of aromatic amines is 2. The molecule has 0 atom stereocenters. The summed E-state index contributed by atoms with van der Waals surface area (Å²) < 4.78 is 1.76. The van der Waals surface area contributed by atoms with Gasteiger partial charge in [0.05, 0.1) is 11.7 Å². The largest absolute Gasteiger partial charge is 0.351 e. The van der Waals surface area contributed by atoms with E-state index in [1.807, 2.05) is 69.7 Å². The monoisotopic (exact) mass is 572 g/mol. The number of fused-ring (bicyclic) bond motifs is 2. The van der Waals surface area contributed by atoms with Crippen LogP contribution in [-0.2, 0) is 12.6 Å². The Morgan fingerprint density at radius 1 is 0.878 bits per heavy atom. The van der Waals surface area contributed by atoms with E-state index in [9.17, 15) is 9.59 Å². The van der Waals surface area contributed by atoms with Gasteiger partial charge < -0.3 is 20.6 Å². The van der Waals surface area contributed by atoms with Crippen LogP contribution < -0.4 is 10.6 Å². The molecule has 5 aromatic rings. The number of hydrogen-bond acceptors (Lipinski definition) is 3. The number of aromatic nitrogens is 4. The first-order valence-corrected chi connectivity index (χ1v) is 14.5. The van der Waals surface area contributed by atoms with Crippen LogP contribution in [0.25, 0.3) is 21.8 Å². The normalized spacial score (nSPS) is 15.8. The van der Waals surface area contributed by atoms with Crippen LogP contribution in [0.1, 0.15) is 78.6 Å². The topological polar surface area (TPSA) is 108 Å². The number of carbonyl (C=O) groups excluding carboxylic acids is 2. The van der Waals surface area contributed by atoms with Gasteiger partial charge in [0.25, 0.3) is 11.8 Å². The number of H-pyrrole nitrogens is 2. The first-order chi connectivity index (χ1) is 19.6. The smallest absolute Gasteiger partial charge is 0.268 e.